The molecule has 0 saturated carbocycles. The lowest BCUT2D eigenvalue weighted by Crippen LogP contribution is -2.06. The van der Waals surface area contributed by atoms with Gasteiger partial charge >= 0.3 is 6.18 Å². The van der Waals surface area contributed by atoms with Crippen molar-refractivity contribution in [3.63, 3.8) is 0 Å². The highest BCUT2D eigenvalue weighted by Gasteiger charge is 2.30. The summed E-state index contributed by atoms with van der Waals surface area (Å²) in [6.45, 7) is 1.70. The van der Waals surface area contributed by atoms with Crippen molar-refractivity contribution in [2.75, 3.05) is 6.61 Å². The van der Waals surface area contributed by atoms with Crippen molar-refractivity contribution in [3.05, 3.63) is 29.8 Å². The van der Waals surface area contributed by atoms with Gasteiger partial charge < -0.3 is 9.53 Å². The zero-order valence-corrected chi connectivity index (χ0v) is 9.38. The maximum Gasteiger partial charge on any atom is 0.416 e. The summed E-state index contributed by atoms with van der Waals surface area (Å²) in [6.07, 6.45) is -3.48. The van der Waals surface area contributed by atoms with Crippen molar-refractivity contribution < 1.29 is 22.7 Å². The van der Waals surface area contributed by atoms with Crippen LogP contribution in [-0.2, 0) is 11.0 Å². The van der Waals surface area contributed by atoms with E-state index in [-0.39, 0.29) is 18.1 Å². The average Bonchev–Trinajstić information content (AvgIpc) is 2.23. The van der Waals surface area contributed by atoms with Crippen molar-refractivity contribution in [2.45, 2.75) is 25.9 Å². The van der Waals surface area contributed by atoms with E-state index < -0.39 is 11.7 Å². The average molecular weight is 246 g/mol. The molecular formula is C12H13F3O2. The zero-order chi connectivity index (χ0) is 12.9. The second-order valence-corrected chi connectivity index (χ2v) is 3.68. The molecule has 0 saturated heterocycles. The summed E-state index contributed by atoms with van der Waals surface area (Å²) in [4.78, 5) is 10.6. The molecule has 94 valence electrons. The normalized spacial score (nSPS) is 11.3. The van der Waals surface area contributed by atoms with Crippen LogP contribution in [0.1, 0.15) is 25.3 Å². The quantitative estimate of drug-likeness (QED) is 0.744. The highest BCUT2D eigenvalue weighted by Crippen LogP contribution is 2.31. The Morgan fingerprint density at radius 1 is 1.35 bits per heavy atom. The van der Waals surface area contributed by atoms with E-state index in [1.807, 2.05) is 0 Å². The van der Waals surface area contributed by atoms with Crippen molar-refractivity contribution in [3.8, 4) is 5.75 Å². The van der Waals surface area contributed by atoms with Crippen LogP contribution in [0.4, 0.5) is 13.2 Å². The molecule has 0 aromatic heterocycles. The first kappa shape index (κ1) is 13.5. The topological polar surface area (TPSA) is 26.3 Å². The predicted octanol–water partition coefficient (Wildman–Crippen LogP) is 3.45. The fourth-order valence-corrected chi connectivity index (χ4v) is 1.27. The SMILES string of the molecule is CC(=O)CCCOc1cccc(C(F)(F)F)c1. The minimum absolute atomic E-state index is 0.0395. The van der Waals surface area contributed by atoms with Crippen molar-refractivity contribution >= 4 is 5.78 Å². The van der Waals surface area contributed by atoms with E-state index in [9.17, 15) is 18.0 Å². The summed E-state index contributed by atoms with van der Waals surface area (Å²) in [6, 6.07) is 4.70. The van der Waals surface area contributed by atoms with Gasteiger partial charge in [-0.15, -0.1) is 0 Å². The fourth-order valence-electron chi connectivity index (χ4n) is 1.27. The second-order valence-electron chi connectivity index (χ2n) is 3.68. The van der Waals surface area contributed by atoms with Gasteiger partial charge in [0.1, 0.15) is 11.5 Å². The third-order valence-corrected chi connectivity index (χ3v) is 2.10. The number of hydrogen-bond acceptors (Lipinski definition) is 2. The predicted molar refractivity (Wildman–Crippen MR) is 56.9 cm³/mol. The summed E-state index contributed by atoms with van der Waals surface area (Å²) in [5.74, 6) is 0.209. The molecule has 0 amide bonds. The number of carbonyl (C=O) groups is 1. The third-order valence-electron chi connectivity index (χ3n) is 2.10. The number of ketones is 1. The maximum atomic E-state index is 12.4. The van der Waals surface area contributed by atoms with Crippen LogP contribution < -0.4 is 4.74 Å². The summed E-state index contributed by atoms with van der Waals surface area (Å²) >= 11 is 0. The molecule has 0 fully saturated rings. The van der Waals surface area contributed by atoms with Crippen LogP contribution in [0.5, 0.6) is 5.75 Å². The largest absolute Gasteiger partial charge is 0.494 e. The molecule has 5 heteroatoms. The van der Waals surface area contributed by atoms with Crippen LogP contribution in [-0.4, -0.2) is 12.4 Å². The molecule has 1 rings (SSSR count). The van der Waals surface area contributed by atoms with Crippen LogP contribution in [0.3, 0.4) is 0 Å². The van der Waals surface area contributed by atoms with Gasteiger partial charge in [-0.25, -0.2) is 0 Å². The van der Waals surface area contributed by atoms with Gasteiger partial charge in [0.05, 0.1) is 12.2 Å². The number of benzene rings is 1. The van der Waals surface area contributed by atoms with Crippen molar-refractivity contribution in [1.82, 2.24) is 0 Å². The smallest absolute Gasteiger partial charge is 0.416 e. The van der Waals surface area contributed by atoms with E-state index >= 15 is 0 Å². The highest BCUT2D eigenvalue weighted by molar-refractivity contribution is 5.75. The second kappa shape index (κ2) is 5.70. The molecule has 0 heterocycles. The molecule has 0 unspecified atom stereocenters. The Morgan fingerprint density at radius 2 is 2.06 bits per heavy atom. The number of Topliss-reactive ketones (excluding diaryl/α,β-unsaturated/α-hetero) is 1. The van der Waals surface area contributed by atoms with Gasteiger partial charge in [-0.3, -0.25) is 0 Å². The molecule has 17 heavy (non-hydrogen) atoms. The molecule has 0 radical (unpaired) electrons. The van der Waals surface area contributed by atoms with Crippen LogP contribution in [0, 0.1) is 0 Å². The number of halogens is 3. The minimum atomic E-state index is -4.36. The molecule has 1 aromatic rings. The van der Waals surface area contributed by atoms with E-state index in [2.05, 4.69) is 0 Å². The summed E-state index contributed by atoms with van der Waals surface area (Å²) < 4.78 is 42.2. The standard InChI is InChI=1S/C12H13F3O2/c1-9(16)4-3-7-17-11-6-2-5-10(8-11)12(13,14)15/h2,5-6,8H,3-4,7H2,1H3. The minimum Gasteiger partial charge on any atom is -0.494 e. The Balaban J connectivity index is 2.52. The van der Waals surface area contributed by atoms with Gasteiger partial charge in [0, 0.05) is 6.42 Å². The zero-order valence-electron chi connectivity index (χ0n) is 9.38. The van der Waals surface area contributed by atoms with Gasteiger partial charge in [-0.05, 0) is 31.5 Å². The first-order chi connectivity index (χ1) is 7.89. The van der Waals surface area contributed by atoms with E-state index in [1.165, 1.54) is 19.1 Å². The lowest BCUT2D eigenvalue weighted by atomic mass is 10.2. The maximum absolute atomic E-state index is 12.4. The number of rotatable bonds is 5. The van der Waals surface area contributed by atoms with Gasteiger partial charge in [-0.2, -0.15) is 13.2 Å². The number of carbonyl (C=O) groups excluding carboxylic acids is 1. The molecule has 0 aliphatic heterocycles. The first-order valence-electron chi connectivity index (χ1n) is 5.19. The van der Waals surface area contributed by atoms with Gasteiger partial charge in [0.25, 0.3) is 0 Å². The number of hydrogen-bond donors (Lipinski definition) is 0. The summed E-state index contributed by atoms with van der Waals surface area (Å²) in [7, 11) is 0. The van der Waals surface area contributed by atoms with Crippen LogP contribution in [0.2, 0.25) is 0 Å². The van der Waals surface area contributed by atoms with Crippen molar-refractivity contribution in [2.24, 2.45) is 0 Å². The Hall–Kier alpha value is -1.52. The molecule has 0 N–H and O–H groups in total. The molecule has 0 aliphatic rings. The van der Waals surface area contributed by atoms with Crippen LogP contribution >= 0.6 is 0 Å². The van der Waals surface area contributed by atoms with Gasteiger partial charge in [0.15, 0.2) is 0 Å². The van der Waals surface area contributed by atoms with E-state index in [4.69, 9.17) is 4.74 Å². The monoisotopic (exact) mass is 246 g/mol. The number of ether oxygens (including phenoxy) is 1. The molecule has 0 spiro atoms. The molecule has 0 aliphatic carbocycles. The Kier molecular flexibility index (Phi) is 4.54. The van der Waals surface area contributed by atoms with Crippen LogP contribution in [0.15, 0.2) is 24.3 Å². The highest BCUT2D eigenvalue weighted by atomic mass is 19.4. The molecule has 1 aromatic carbocycles. The third kappa shape index (κ3) is 4.89. The molecule has 0 bridgehead atoms. The van der Waals surface area contributed by atoms with E-state index in [0.717, 1.165) is 12.1 Å². The summed E-state index contributed by atoms with van der Waals surface area (Å²) in [5, 5.41) is 0. The molecule has 0 atom stereocenters. The van der Waals surface area contributed by atoms with Gasteiger partial charge in [0.2, 0.25) is 0 Å². The fraction of sp³-hybridized carbons (Fsp3) is 0.417. The number of alkyl halides is 3. The van der Waals surface area contributed by atoms with Crippen LogP contribution in [0.25, 0.3) is 0 Å². The lowest BCUT2D eigenvalue weighted by Gasteiger charge is -2.09. The Bertz CT molecular complexity index is 386. The lowest BCUT2D eigenvalue weighted by molar-refractivity contribution is -0.137. The summed E-state index contributed by atoms with van der Waals surface area (Å²) in [5.41, 5.74) is -0.735. The van der Waals surface area contributed by atoms with E-state index in [1.54, 1.807) is 0 Å². The van der Waals surface area contributed by atoms with Crippen molar-refractivity contribution in [1.29, 1.82) is 0 Å². The molecule has 2 nitrogen and oxygen atoms in total. The Labute approximate surface area is 97.4 Å². The van der Waals surface area contributed by atoms with Gasteiger partial charge in [-0.1, -0.05) is 6.07 Å². The Morgan fingerprint density at radius 3 is 2.65 bits per heavy atom. The molecular weight excluding hydrogens is 233 g/mol. The first-order valence-corrected chi connectivity index (χ1v) is 5.19. The van der Waals surface area contributed by atoms with E-state index in [0.29, 0.717) is 12.8 Å².